The third-order valence-electron chi connectivity index (χ3n) is 3.98. The van der Waals surface area contributed by atoms with Gasteiger partial charge in [-0.2, -0.15) is 0 Å². The minimum Gasteiger partial charge on any atom is -0.376 e. The van der Waals surface area contributed by atoms with Crippen molar-refractivity contribution in [1.29, 1.82) is 0 Å². The van der Waals surface area contributed by atoms with E-state index in [4.69, 9.17) is 0 Å². The van der Waals surface area contributed by atoms with Gasteiger partial charge < -0.3 is 16.0 Å². The van der Waals surface area contributed by atoms with Crippen molar-refractivity contribution >= 4 is 23.2 Å². The van der Waals surface area contributed by atoms with Crippen LogP contribution in [0.15, 0.2) is 42.5 Å². The molecule has 0 atom stereocenters. The largest absolute Gasteiger partial charge is 0.376 e. The van der Waals surface area contributed by atoms with Crippen molar-refractivity contribution in [3.8, 4) is 0 Å². The van der Waals surface area contributed by atoms with Gasteiger partial charge in [-0.3, -0.25) is 9.59 Å². The van der Waals surface area contributed by atoms with E-state index < -0.39 is 0 Å². The molecule has 0 heterocycles. The Morgan fingerprint density at radius 1 is 1.16 bits per heavy atom. The molecule has 25 heavy (non-hydrogen) atoms. The molecule has 0 aliphatic heterocycles. The van der Waals surface area contributed by atoms with Crippen molar-refractivity contribution in [3.05, 3.63) is 59.4 Å². The lowest BCUT2D eigenvalue weighted by Gasteiger charge is -2.12. The number of benzene rings is 2. The van der Waals surface area contributed by atoms with E-state index in [1.165, 1.54) is 6.07 Å². The average Bonchev–Trinajstić information content (AvgIpc) is 3.40. The highest BCUT2D eigenvalue weighted by molar-refractivity contribution is 6.04. The third kappa shape index (κ3) is 4.56. The minimum absolute atomic E-state index is 0.0267. The Labute approximate surface area is 145 Å². The van der Waals surface area contributed by atoms with Crippen LogP contribution in [-0.2, 0) is 4.79 Å². The van der Waals surface area contributed by atoms with Gasteiger partial charge in [-0.15, -0.1) is 0 Å². The lowest BCUT2D eigenvalue weighted by molar-refractivity contribution is -0.114. The van der Waals surface area contributed by atoms with E-state index in [0.29, 0.717) is 22.5 Å². The second kappa shape index (κ2) is 7.34. The van der Waals surface area contributed by atoms with Crippen LogP contribution in [0.1, 0.15) is 28.8 Å². The normalized spacial score (nSPS) is 13.2. The van der Waals surface area contributed by atoms with Crippen LogP contribution >= 0.6 is 0 Å². The van der Waals surface area contributed by atoms with Crippen molar-refractivity contribution in [3.63, 3.8) is 0 Å². The number of carbonyl (C=O) groups excluding carboxylic acids is 2. The molecule has 0 spiro atoms. The number of anilines is 2. The molecule has 2 aromatic carbocycles. The van der Waals surface area contributed by atoms with Crippen LogP contribution in [0.3, 0.4) is 0 Å². The first-order chi connectivity index (χ1) is 12.0. The molecule has 0 aromatic heterocycles. The number of hydrogen-bond donors (Lipinski definition) is 3. The topological polar surface area (TPSA) is 70.2 Å². The fraction of sp³-hybridized carbons (Fsp3) is 0.263. The van der Waals surface area contributed by atoms with Gasteiger partial charge in [0.05, 0.1) is 17.8 Å². The summed E-state index contributed by atoms with van der Waals surface area (Å²) in [7, 11) is 0. The van der Waals surface area contributed by atoms with Gasteiger partial charge in [0, 0.05) is 11.7 Å². The molecule has 0 saturated heterocycles. The van der Waals surface area contributed by atoms with Crippen LogP contribution < -0.4 is 16.0 Å². The summed E-state index contributed by atoms with van der Waals surface area (Å²) >= 11 is 0. The highest BCUT2D eigenvalue weighted by atomic mass is 19.1. The number of amides is 2. The smallest absolute Gasteiger partial charge is 0.253 e. The highest BCUT2D eigenvalue weighted by Gasteiger charge is 2.24. The molecule has 130 valence electrons. The van der Waals surface area contributed by atoms with Crippen LogP contribution in [0.4, 0.5) is 15.8 Å². The van der Waals surface area contributed by atoms with Crippen LogP contribution in [0.5, 0.6) is 0 Å². The molecule has 2 aromatic rings. The first-order valence-corrected chi connectivity index (χ1v) is 8.22. The van der Waals surface area contributed by atoms with Gasteiger partial charge in [0.25, 0.3) is 5.91 Å². The Bertz CT molecular complexity index is 803. The zero-order chi connectivity index (χ0) is 17.8. The third-order valence-corrected chi connectivity index (χ3v) is 3.98. The summed E-state index contributed by atoms with van der Waals surface area (Å²) < 4.78 is 13.5. The molecule has 1 aliphatic carbocycles. The first kappa shape index (κ1) is 17.0. The molecule has 3 N–H and O–H groups in total. The summed E-state index contributed by atoms with van der Waals surface area (Å²) in [5.41, 5.74) is 1.97. The summed E-state index contributed by atoms with van der Waals surface area (Å²) in [6.07, 6.45) is 1.99. The van der Waals surface area contributed by atoms with E-state index >= 15 is 0 Å². The van der Waals surface area contributed by atoms with Crippen LogP contribution in [-0.4, -0.2) is 24.4 Å². The number of nitrogens with one attached hydrogen (secondary N) is 3. The van der Waals surface area contributed by atoms with Crippen molar-refractivity contribution in [2.24, 2.45) is 0 Å². The fourth-order valence-electron chi connectivity index (χ4n) is 2.36. The number of aryl methyl sites for hydroxylation is 1. The Hall–Kier alpha value is -2.89. The SMILES string of the molecule is Cc1ccc(NCC(=O)Nc2ccccc2C(=O)NC2CC2)cc1F. The maximum atomic E-state index is 13.5. The van der Waals surface area contributed by atoms with Gasteiger partial charge in [-0.05, 0) is 49.6 Å². The zero-order valence-corrected chi connectivity index (χ0v) is 13.9. The summed E-state index contributed by atoms with van der Waals surface area (Å²) in [5.74, 6) is -0.827. The van der Waals surface area contributed by atoms with Crippen molar-refractivity contribution in [2.45, 2.75) is 25.8 Å². The van der Waals surface area contributed by atoms with Crippen molar-refractivity contribution < 1.29 is 14.0 Å². The zero-order valence-electron chi connectivity index (χ0n) is 13.9. The summed E-state index contributed by atoms with van der Waals surface area (Å²) in [4.78, 5) is 24.4. The van der Waals surface area contributed by atoms with Gasteiger partial charge in [0.15, 0.2) is 0 Å². The second-order valence-electron chi connectivity index (χ2n) is 6.16. The maximum absolute atomic E-state index is 13.5. The number of halogens is 1. The molecule has 0 unspecified atom stereocenters. The molecule has 0 bridgehead atoms. The molecule has 3 rings (SSSR count). The number of para-hydroxylation sites is 1. The average molecular weight is 341 g/mol. The van der Waals surface area contributed by atoms with Crippen LogP contribution in [0, 0.1) is 12.7 Å². The summed E-state index contributed by atoms with van der Waals surface area (Å²) in [6, 6.07) is 11.8. The summed E-state index contributed by atoms with van der Waals surface area (Å²) in [5, 5.41) is 8.50. The van der Waals surface area contributed by atoms with Crippen LogP contribution in [0.25, 0.3) is 0 Å². The number of carbonyl (C=O) groups is 2. The Kier molecular flexibility index (Phi) is 4.97. The van der Waals surface area contributed by atoms with Gasteiger partial charge >= 0.3 is 0 Å². The molecule has 5 nitrogen and oxygen atoms in total. The first-order valence-electron chi connectivity index (χ1n) is 8.22. The Morgan fingerprint density at radius 2 is 1.92 bits per heavy atom. The lowest BCUT2D eigenvalue weighted by atomic mass is 10.1. The monoisotopic (exact) mass is 341 g/mol. The Morgan fingerprint density at radius 3 is 2.64 bits per heavy atom. The van der Waals surface area contributed by atoms with E-state index in [1.807, 2.05) is 0 Å². The molecular weight excluding hydrogens is 321 g/mol. The van der Waals surface area contributed by atoms with E-state index in [0.717, 1.165) is 12.8 Å². The fourth-order valence-corrected chi connectivity index (χ4v) is 2.36. The quantitative estimate of drug-likeness (QED) is 0.756. The van der Waals surface area contributed by atoms with E-state index in [1.54, 1.807) is 43.3 Å². The minimum atomic E-state index is -0.326. The molecular formula is C19H20FN3O2. The van der Waals surface area contributed by atoms with Gasteiger partial charge in [-0.25, -0.2) is 4.39 Å². The van der Waals surface area contributed by atoms with Gasteiger partial charge in [0.1, 0.15) is 5.82 Å². The lowest BCUT2D eigenvalue weighted by Crippen LogP contribution is -2.28. The molecule has 1 aliphatic rings. The Balaban J connectivity index is 1.60. The van der Waals surface area contributed by atoms with E-state index in [2.05, 4.69) is 16.0 Å². The summed E-state index contributed by atoms with van der Waals surface area (Å²) in [6.45, 7) is 1.65. The van der Waals surface area contributed by atoms with Crippen molar-refractivity contribution in [2.75, 3.05) is 17.2 Å². The predicted octanol–water partition coefficient (Wildman–Crippen LogP) is 3.08. The van der Waals surface area contributed by atoms with E-state index in [-0.39, 0.29) is 30.2 Å². The van der Waals surface area contributed by atoms with Gasteiger partial charge in [0.2, 0.25) is 5.91 Å². The van der Waals surface area contributed by atoms with Gasteiger partial charge in [-0.1, -0.05) is 18.2 Å². The van der Waals surface area contributed by atoms with E-state index in [9.17, 15) is 14.0 Å². The molecule has 2 amide bonds. The number of hydrogen-bond acceptors (Lipinski definition) is 3. The van der Waals surface area contributed by atoms with Crippen LogP contribution in [0.2, 0.25) is 0 Å². The molecule has 6 heteroatoms. The predicted molar refractivity (Wildman–Crippen MR) is 95.2 cm³/mol. The number of rotatable bonds is 6. The highest BCUT2D eigenvalue weighted by Crippen LogP contribution is 2.21. The molecule has 0 radical (unpaired) electrons. The maximum Gasteiger partial charge on any atom is 0.253 e. The standard InChI is InChI=1S/C19H20FN3O2/c1-12-6-7-14(10-16(12)20)21-11-18(24)23-17-5-3-2-4-15(17)19(25)22-13-8-9-13/h2-7,10,13,21H,8-9,11H2,1H3,(H,22,25)(H,23,24). The van der Waals surface area contributed by atoms with Crippen molar-refractivity contribution in [1.82, 2.24) is 5.32 Å². The molecule has 1 fully saturated rings. The molecule has 1 saturated carbocycles. The second-order valence-corrected chi connectivity index (χ2v) is 6.16.